The van der Waals surface area contributed by atoms with Gasteiger partial charge in [-0.15, -0.1) is 0 Å². The minimum atomic E-state index is 0.705. The number of para-hydroxylation sites is 1. The van der Waals surface area contributed by atoms with Crippen LogP contribution in [0.25, 0.3) is 55.2 Å². The molecule has 1 heteroatoms. The number of benzene rings is 5. The molecule has 1 nitrogen and oxygen atoms in total. The van der Waals surface area contributed by atoms with Gasteiger partial charge in [0.05, 0.1) is 0 Å². The summed E-state index contributed by atoms with van der Waals surface area (Å²) >= 11 is 0. The van der Waals surface area contributed by atoms with Gasteiger partial charge in [-0.2, -0.15) is 0 Å². The molecule has 1 aromatic heterocycles. The minimum absolute atomic E-state index is 0.705. The van der Waals surface area contributed by atoms with E-state index in [1.807, 2.05) is 0 Å². The number of aromatic nitrogens is 1. The van der Waals surface area contributed by atoms with E-state index < -0.39 is 0 Å². The van der Waals surface area contributed by atoms with Crippen LogP contribution in [0.5, 0.6) is 0 Å². The van der Waals surface area contributed by atoms with Gasteiger partial charge >= 0.3 is 0 Å². The first-order chi connectivity index (χ1) is 17.3. The number of rotatable bonds is 2. The van der Waals surface area contributed by atoms with Crippen LogP contribution < -0.4 is 0 Å². The number of nitrogens with one attached hydrogen (secondary N) is 1. The summed E-state index contributed by atoms with van der Waals surface area (Å²) in [5.74, 6) is 1.43. The Kier molecular flexibility index (Phi) is 3.96. The molecular formula is C34H25N. The zero-order valence-electron chi connectivity index (χ0n) is 19.5. The summed E-state index contributed by atoms with van der Waals surface area (Å²) in [6.07, 6.45) is 2.65. The fourth-order valence-corrected chi connectivity index (χ4v) is 6.49. The van der Waals surface area contributed by atoms with Gasteiger partial charge in [0.15, 0.2) is 0 Å². The largest absolute Gasteiger partial charge is 0.354 e. The molecule has 6 aromatic rings. The second kappa shape index (κ2) is 7.20. The highest BCUT2D eigenvalue weighted by Crippen LogP contribution is 2.57. The highest BCUT2D eigenvalue weighted by molar-refractivity contribution is 6.08. The summed E-state index contributed by atoms with van der Waals surface area (Å²) in [6, 6.07) is 40.5. The maximum Gasteiger partial charge on any atom is 0.0471 e. The van der Waals surface area contributed by atoms with E-state index in [1.54, 1.807) is 11.1 Å². The fraction of sp³-hybridized carbons (Fsp3) is 0.118. The van der Waals surface area contributed by atoms with Crippen LogP contribution in [0.15, 0.2) is 109 Å². The fourth-order valence-electron chi connectivity index (χ4n) is 6.49. The monoisotopic (exact) mass is 447 g/mol. The smallest absolute Gasteiger partial charge is 0.0471 e. The molecule has 1 saturated carbocycles. The van der Waals surface area contributed by atoms with E-state index in [4.69, 9.17) is 0 Å². The normalized spacial score (nSPS) is 18.1. The quantitative estimate of drug-likeness (QED) is 0.272. The van der Waals surface area contributed by atoms with Crippen LogP contribution in [0.3, 0.4) is 0 Å². The molecule has 1 fully saturated rings. The first-order valence-electron chi connectivity index (χ1n) is 12.7. The van der Waals surface area contributed by atoms with Gasteiger partial charge in [-0.05, 0) is 87.4 Å². The molecule has 1 N–H and O–H groups in total. The van der Waals surface area contributed by atoms with E-state index in [1.165, 1.54) is 68.0 Å². The predicted molar refractivity (Wildman–Crippen MR) is 147 cm³/mol. The van der Waals surface area contributed by atoms with Crippen molar-refractivity contribution in [3.8, 4) is 33.4 Å². The van der Waals surface area contributed by atoms with Crippen molar-refractivity contribution in [2.75, 3.05) is 0 Å². The first-order valence-corrected chi connectivity index (χ1v) is 12.7. The molecular weight excluding hydrogens is 422 g/mol. The molecule has 0 spiro atoms. The van der Waals surface area contributed by atoms with Crippen molar-refractivity contribution in [1.29, 1.82) is 0 Å². The molecule has 2 aliphatic carbocycles. The van der Waals surface area contributed by atoms with E-state index in [9.17, 15) is 0 Å². The summed E-state index contributed by atoms with van der Waals surface area (Å²) in [5.41, 5.74) is 13.4. The summed E-state index contributed by atoms with van der Waals surface area (Å²) < 4.78 is 0. The lowest BCUT2D eigenvalue weighted by Gasteiger charge is -2.43. The lowest BCUT2D eigenvalue weighted by atomic mass is 9.61. The van der Waals surface area contributed by atoms with Gasteiger partial charge < -0.3 is 4.98 Å². The Bertz CT molecular complexity index is 1750. The van der Waals surface area contributed by atoms with Gasteiger partial charge in [0, 0.05) is 21.8 Å². The molecule has 5 aromatic carbocycles. The van der Waals surface area contributed by atoms with Crippen LogP contribution in [0.1, 0.15) is 35.8 Å². The molecule has 0 radical (unpaired) electrons. The van der Waals surface area contributed by atoms with Crippen molar-refractivity contribution < 1.29 is 0 Å². The Hall–Kier alpha value is -4.10. The standard InChI is InChI=1S/C34H25N/c1-2-6-26-25(5-1)27-17-18-28(27)29-15-13-23(19-32(26)29)21-9-11-22(12-10-21)24-14-16-31-30-7-3-4-8-33(30)35-34(31)20-24/h1-16,19-20,27-28,35H,17-18H2. The molecule has 0 saturated heterocycles. The van der Waals surface area contributed by atoms with E-state index in [-0.39, 0.29) is 0 Å². The van der Waals surface area contributed by atoms with Crippen molar-refractivity contribution in [3.63, 3.8) is 0 Å². The van der Waals surface area contributed by atoms with Gasteiger partial charge in [0.1, 0.15) is 0 Å². The third kappa shape index (κ3) is 2.82. The molecule has 2 aliphatic rings. The molecule has 0 aliphatic heterocycles. The van der Waals surface area contributed by atoms with E-state index >= 15 is 0 Å². The maximum absolute atomic E-state index is 3.57. The lowest BCUT2D eigenvalue weighted by Crippen LogP contribution is -2.26. The summed E-state index contributed by atoms with van der Waals surface area (Å²) in [5, 5.41) is 2.57. The molecule has 2 atom stereocenters. The topological polar surface area (TPSA) is 15.8 Å². The van der Waals surface area contributed by atoms with Crippen LogP contribution in [0.4, 0.5) is 0 Å². The zero-order chi connectivity index (χ0) is 22.9. The van der Waals surface area contributed by atoms with E-state index in [0.717, 1.165) is 5.92 Å². The van der Waals surface area contributed by atoms with Crippen molar-refractivity contribution in [3.05, 3.63) is 120 Å². The summed E-state index contributed by atoms with van der Waals surface area (Å²) in [7, 11) is 0. The molecule has 1 heterocycles. The van der Waals surface area contributed by atoms with Crippen LogP contribution in [0, 0.1) is 0 Å². The Labute approximate surface area is 205 Å². The van der Waals surface area contributed by atoms with Gasteiger partial charge in [-0.25, -0.2) is 0 Å². The van der Waals surface area contributed by atoms with Crippen molar-refractivity contribution in [2.24, 2.45) is 0 Å². The highest BCUT2D eigenvalue weighted by Gasteiger charge is 2.39. The molecule has 8 rings (SSSR count). The number of hydrogen-bond acceptors (Lipinski definition) is 0. The number of H-pyrrole nitrogens is 1. The Morgan fingerprint density at radius 3 is 1.86 bits per heavy atom. The van der Waals surface area contributed by atoms with Crippen LogP contribution >= 0.6 is 0 Å². The van der Waals surface area contributed by atoms with Gasteiger partial charge in [0.25, 0.3) is 0 Å². The first kappa shape index (κ1) is 19.2. The average Bonchev–Trinajstić information content (AvgIpc) is 3.26. The van der Waals surface area contributed by atoms with Crippen LogP contribution in [-0.2, 0) is 0 Å². The summed E-state index contributed by atoms with van der Waals surface area (Å²) in [6.45, 7) is 0. The second-order valence-corrected chi connectivity index (χ2v) is 10.2. The Balaban J connectivity index is 1.17. The molecule has 0 bridgehead atoms. The molecule has 35 heavy (non-hydrogen) atoms. The highest BCUT2D eigenvalue weighted by atomic mass is 14.7. The van der Waals surface area contributed by atoms with Gasteiger partial charge in [-0.3, -0.25) is 0 Å². The molecule has 0 amide bonds. The van der Waals surface area contributed by atoms with Gasteiger partial charge in [0.2, 0.25) is 0 Å². The van der Waals surface area contributed by atoms with Gasteiger partial charge in [-0.1, -0.05) is 91.0 Å². The van der Waals surface area contributed by atoms with Crippen LogP contribution in [0.2, 0.25) is 0 Å². The third-order valence-electron chi connectivity index (χ3n) is 8.44. The minimum Gasteiger partial charge on any atom is -0.354 e. The summed E-state index contributed by atoms with van der Waals surface area (Å²) in [4.78, 5) is 3.57. The van der Waals surface area contributed by atoms with Crippen molar-refractivity contribution >= 4 is 21.8 Å². The lowest BCUT2D eigenvalue weighted by molar-refractivity contribution is 0.343. The number of fused-ring (bicyclic) bond motifs is 9. The van der Waals surface area contributed by atoms with Crippen molar-refractivity contribution in [1.82, 2.24) is 4.98 Å². The number of aromatic amines is 1. The Morgan fingerprint density at radius 1 is 0.457 bits per heavy atom. The van der Waals surface area contributed by atoms with E-state index in [0.29, 0.717) is 5.92 Å². The second-order valence-electron chi connectivity index (χ2n) is 10.2. The molecule has 2 unspecified atom stereocenters. The SMILES string of the molecule is c1ccc2c(c1)-c1cc(-c3ccc(-c4ccc5c(c4)[nH]c4ccccc45)cc3)ccc1C1CCC21. The third-order valence-corrected chi connectivity index (χ3v) is 8.44. The maximum atomic E-state index is 3.57. The average molecular weight is 448 g/mol. The zero-order valence-corrected chi connectivity index (χ0v) is 19.5. The van der Waals surface area contributed by atoms with Crippen molar-refractivity contribution in [2.45, 2.75) is 24.7 Å². The molecule has 166 valence electrons. The number of hydrogen-bond donors (Lipinski definition) is 1. The van der Waals surface area contributed by atoms with Crippen LogP contribution in [-0.4, -0.2) is 4.98 Å². The Morgan fingerprint density at radius 2 is 1.06 bits per heavy atom. The predicted octanol–water partition coefficient (Wildman–Crippen LogP) is 9.30. The van der Waals surface area contributed by atoms with E-state index in [2.05, 4.69) is 114 Å².